The highest BCUT2D eigenvalue weighted by molar-refractivity contribution is 5.74. The van der Waals surface area contributed by atoms with Crippen molar-refractivity contribution in [2.45, 2.75) is 52.4 Å². The van der Waals surface area contributed by atoms with Crippen molar-refractivity contribution in [1.29, 1.82) is 0 Å². The Bertz CT molecular complexity index is 1160. The van der Waals surface area contributed by atoms with E-state index in [1.54, 1.807) is 0 Å². The van der Waals surface area contributed by atoms with Crippen molar-refractivity contribution in [2.75, 3.05) is 0 Å². The van der Waals surface area contributed by atoms with Gasteiger partial charge in [-0.2, -0.15) is 0 Å². The normalized spacial score (nSPS) is 12.1. The van der Waals surface area contributed by atoms with Crippen molar-refractivity contribution in [3.05, 3.63) is 84.4 Å². The quantitative estimate of drug-likeness (QED) is 0.362. The minimum absolute atomic E-state index is 0.0336. The summed E-state index contributed by atoms with van der Waals surface area (Å²) in [6, 6.07) is 16.7. The maximum Gasteiger partial charge on any atom is 0.0900 e. The fraction of sp³-hybridized carbons (Fsp3) is 0.286. The molecule has 4 aromatic heterocycles. The molecule has 0 unspecified atom stereocenters. The molecule has 4 nitrogen and oxygen atoms in total. The van der Waals surface area contributed by atoms with E-state index >= 15 is 0 Å². The molecule has 4 heterocycles. The van der Waals surface area contributed by atoms with E-state index in [-0.39, 0.29) is 10.8 Å². The van der Waals surface area contributed by atoms with Gasteiger partial charge < -0.3 is 0 Å². The number of hydrogen-bond donors (Lipinski definition) is 0. The highest BCUT2D eigenvalue weighted by Crippen LogP contribution is 2.32. The summed E-state index contributed by atoms with van der Waals surface area (Å²) >= 11 is 0. The molecule has 0 aliphatic rings. The first-order chi connectivity index (χ1) is 15.1. The zero-order chi connectivity index (χ0) is 22.9. The summed E-state index contributed by atoms with van der Waals surface area (Å²) < 4.78 is 0. The van der Waals surface area contributed by atoms with E-state index in [1.807, 2.05) is 36.9 Å². The molecule has 0 aliphatic carbocycles. The molecule has 0 atom stereocenters. The molecule has 0 fully saturated rings. The van der Waals surface area contributed by atoms with Gasteiger partial charge in [0.05, 0.1) is 22.8 Å². The van der Waals surface area contributed by atoms with Gasteiger partial charge in [-0.15, -0.1) is 0 Å². The molecule has 4 rings (SSSR count). The molecule has 162 valence electrons. The molecular weight excluding hydrogens is 392 g/mol. The number of pyridine rings is 4. The molecule has 0 N–H and O–H groups in total. The zero-order valence-electron chi connectivity index (χ0n) is 19.7. The molecule has 0 saturated heterocycles. The van der Waals surface area contributed by atoms with Gasteiger partial charge in [-0.05, 0) is 81.6 Å². The van der Waals surface area contributed by atoms with Gasteiger partial charge in [-0.1, -0.05) is 41.5 Å². The topological polar surface area (TPSA) is 51.6 Å². The smallest absolute Gasteiger partial charge is 0.0900 e. The average molecular weight is 423 g/mol. The van der Waals surface area contributed by atoms with Crippen LogP contribution in [0.4, 0.5) is 0 Å². The summed E-state index contributed by atoms with van der Waals surface area (Å²) in [5.41, 5.74) is 8.08. The Hall–Kier alpha value is -3.40. The van der Waals surface area contributed by atoms with Gasteiger partial charge in [0, 0.05) is 24.8 Å². The molecule has 0 aromatic carbocycles. The SMILES string of the molecule is CC(C)(C)c1ccnc(-c2cc(-c3ccncc3)cc(-c3cc(C(C)(C)C)ccn3)n2)c1. The van der Waals surface area contributed by atoms with Crippen LogP contribution in [0, 0.1) is 0 Å². The minimum atomic E-state index is 0.0336. The van der Waals surface area contributed by atoms with Crippen LogP contribution in [0.15, 0.2) is 73.3 Å². The number of rotatable bonds is 3. The second-order valence-corrected chi connectivity index (χ2v) is 10.2. The first kappa shape index (κ1) is 21.8. The van der Waals surface area contributed by atoms with Gasteiger partial charge in [0.15, 0.2) is 0 Å². The molecule has 0 spiro atoms. The molecule has 4 heteroatoms. The number of aromatic nitrogens is 4. The van der Waals surface area contributed by atoms with E-state index in [9.17, 15) is 0 Å². The molecule has 0 saturated carbocycles. The maximum atomic E-state index is 5.01. The third-order valence-corrected chi connectivity index (χ3v) is 5.62. The van der Waals surface area contributed by atoms with E-state index < -0.39 is 0 Å². The van der Waals surface area contributed by atoms with Crippen molar-refractivity contribution >= 4 is 0 Å². The lowest BCUT2D eigenvalue weighted by Gasteiger charge is -2.20. The Balaban J connectivity index is 1.91. The monoisotopic (exact) mass is 422 g/mol. The molecule has 4 aromatic rings. The molecule has 0 aliphatic heterocycles. The molecule has 0 radical (unpaired) electrons. The third-order valence-electron chi connectivity index (χ3n) is 5.62. The number of nitrogens with zero attached hydrogens (tertiary/aromatic N) is 4. The molecule has 0 bridgehead atoms. The van der Waals surface area contributed by atoms with Gasteiger partial charge in [0.25, 0.3) is 0 Å². The van der Waals surface area contributed by atoms with Crippen LogP contribution < -0.4 is 0 Å². The molecule has 0 amide bonds. The van der Waals surface area contributed by atoms with Crippen molar-refractivity contribution in [2.24, 2.45) is 0 Å². The lowest BCUT2D eigenvalue weighted by molar-refractivity contribution is 0.589. The van der Waals surface area contributed by atoms with Crippen LogP contribution in [-0.4, -0.2) is 19.9 Å². The Morgan fingerprint density at radius 3 is 1.41 bits per heavy atom. The lowest BCUT2D eigenvalue weighted by atomic mass is 9.87. The number of hydrogen-bond acceptors (Lipinski definition) is 4. The fourth-order valence-electron chi connectivity index (χ4n) is 3.58. The third kappa shape index (κ3) is 4.75. The molecule has 32 heavy (non-hydrogen) atoms. The maximum absolute atomic E-state index is 5.01. The Morgan fingerprint density at radius 1 is 0.500 bits per heavy atom. The van der Waals surface area contributed by atoms with Gasteiger partial charge in [-0.25, -0.2) is 4.98 Å². The Kier molecular flexibility index (Phi) is 5.64. The zero-order valence-corrected chi connectivity index (χ0v) is 19.7. The Labute approximate surface area is 190 Å². The lowest BCUT2D eigenvalue weighted by Crippen LogP contribution is -2.11. The van der Waals surface area contributed by atoms with Gasteiger partial charge in [0.1, 0.15) is 0 Å². The van der Waals surface area contributed by atoms with Gasteiger partial charge in [-0.3, -0.25) is 15.0 Å². The van der Waals surface area contributed by atoms with Crippen molar-refractivity contribution < 1.29 is 0 Å². The standard InChI is InChI=1S/C28H30N4/c1-27(2,3)21-9-13-30-23(17-21)25-15-20(19-7-11-29-12-8-19)16-26(32-25)24-18-22(10-14-31-24)28(4,5)6/h7-18H,1-6H3. The van der Waals surface area contributed by atoms with E-state index in [4.69, 9.17) is 4.98 Å². The van der Waals surface area contributed by atoms with Crippen LogP contribution in [0.25, 0.3) is 33.9 Å². The predicted octanol–water partition coefficient (Wildman–Crippen LogP) is 6.86. The average Bonchev–Trinajstić information content (AvgIpc) is 2.78. The highest BCUT2D eigenvalue weighted by atomic mass is 14.8. The fourth-order valence-corrected chi connectivity index (χ4v) is 3.58. The van der Waals surface area contributed by atoms with Crippen LogP contribution in [0.5, 0.6) is 0 Å². The van der Waals surface area contributed by atoms with Crippen LogP contribution in [-0.2, 0) is 10.8 Å². The van der Waals surface area contributed by atoms with Crippen LogP contribution in [0.3, 0.4) is 0 Å². The van der Waals surface area contributed by atoms with Crippen molar-refractivity contribution in [1.82, 2.24) is 19.9 Å². The largest absolute Gasteiger partial charge is 0.265 e. The van der Waals surface area contributed by atoms with E-state index in [2.05, 4.69) is 92.9 Å². The predicted molar refractivity (Wildman–Crippen MR) is 131 cm³/mol. The first-order valence-electron chi connectivity index (χ1n) is 11.0. The van der Waals surface area contributed by atoms with Gasteiger partial charge in [0.2, 0.25) is 0 Å². The van der Waals surface area contributed by atoms with Crippen LogP contribution >= 0.6 is 0 Å². The summed E-state index contributed by atoms with van der Waals surface area (Å²) in [7, 11) is 0. The van der Waals surface area contributed by atoms with Crippen molar-refractivity contribution in [3.8, 4) is 33.9 Å². The van der Waals surface area contributed by atoms with Gasteiger partial charge >= 0.3 is 0 Å². The van der Waals surface area contributed by atoms with Crippen molar-refractivity contribution in [3.63, 3.8) is 0 Å². The molecular formula is C28H30N4. The summed E-state index contributed by atoms with van der Waals surface area (Å²) in [5, 5.41) is 0. The minimum Gasteiger partial charge on any atom is -0.265 e. The second kappa shape index (κ2) is 8.27. The van der Waals surface area contributed by atoms with Crippen LogP contribution in [0.1, 0.15) is 52.7 Å². The summed E-state index contributed by atoms with van der Waals surface area (Å²) in [6.07, 6.45) is 7.36. The van der Waals surface area contributed by atoms with Crippen LogP contribution in [0.2, 0.25) is 0 Å². The van der Waals surface area contributed by atoms with E-state index in [0.29, 0.717) is 0 Å². The van der Waals surface area contributed by atoms with E-state index in [0.717, 1.165) is 33.9 Å². The summed E-state index contributed by atoms with van der Waals surface area (Å²) in [6.45, 7) is 13.3. The first-order valence-corrected chi connectivity index (χ1v) is 11.0. The Morgan fingerprint density at radius 2 is 0.969 bits per heavy atom. The summed E-state index contributed by atoms with van der Waals surface area (Å²) in [4.78, 5) is 18.5. The highest BCUT2D eigenvalue weighted by Gasteiger charge is 2.18. The van der Waals surface area contributed by atoms with E-state index in [1.165, 1.54) is 11.1 Å². The second-order valence-electron chi connectivity index (χ2n) is 10.2. The summed E-state index contributed by atoms with van der Waals surface area (Å²) in [5.74, 6) is 0.